The van der Waals surface area contributed by atoms with Crippen LogP contribution in [0, 0.1) is 0 Å². The Labute approximate surface area is 184 Å². The first-order valence-corrected chi connectivity index (χ1v) is 10.5. The molecule has 2 atom stereocenters. The molecule has 0 heterocycles. The van der Waals surface area contributed by atoms with E-state index in [1.807, 2.05) is 76.2 Å². The van der Waals surface area contributed by atoms with E-state index in [0.29, 0.717) is 11.5 Å². The van der Waals surface area contributed by atoms with Crippen LogP contribution in [0.5, 0.6) is 17.2 Å². The average molecular weight is 422 g/mol. The van der Waals surface area contributed by atoms with Gasteiger partial charge in [-0.05, 0) is 73.9 Å². The molecule has 0 bridgehead atoms. The second kappa shape index (κ2) is 9.73. The third-order valence-corrected chi connectivity index (χ3v) is 5.37. The highest BCUT2D eigenvalue weighted by atomic mass is 16.5. The number of nitrogens with one attached hydrogen (secondary N) is 1. The van der Waals surface area contributed by atoms with Crippen LogP contribution >= 0.6 is 0 Å². The summed E-state index contributed by atoms with van der Waals surface area (Å²) < 4.78 is 16.5. The SMILES string of the molecule is COc1ccc2cc([C@H](C)C(=O)NC(C)c3ccc(OC(C)C)c(OC)c3)ccc2c1. The van der Waals surface area contributed by atoms with Gasteiger partial charge in [0.15, 0.2) is 11.5 Å². The van der Waals surface area contributed by atoms with E-state index < -0.39 is 0 Å². The zero-order chi connectivity index (χ0) is 22.5. The first-order chi connectivity index (χ1) is 14.8. The molecular formula is C26H31NO4. The van der Waals surface area contributed by atoms with E-state index in [1.165, 1.54) is 0 Å². The van der Waals surface area contributed by atoms with Crippen molar-refractivity contribution in [2.75, 3.05) is 14.2 Å². The van der Waals surface area contributed by atoms with E-state index in [1.54, 1.807) is 14.2 Å². The molecule has 31 heavy (non-hydrogen) atoms. The van der Waals surface area contributed by atoms with Gasteiger partial charge in [0.1, 0.15) is 5.75 Å². The Morgan fingerprint density at radius 3 is 2.13 bits per heavy atom. The van der Waals surface area contributed by atoms with Crippen molar-refractivity contribution in [3.05, 3.63) is 65.7 Å². The van der Waals surface area contributed by atoms with Crippen molar-refractivity contribution in [3.63, 3.8) is 0 Å². The normalized spacial score (nSPS) is 13.0. The van der Waals surface area contributed by atoms with E-state index in [0.717, 1.165) is 27.6 Å². The average Bonchev–Trinajstić information content (AvgIpc) is 2.77. The summed E-state index contributed by atoms with van der Waals surface area (Å²) in [6.45, 7) is 7.84. The molecule has 164 valence electrons. The fraction of sp³-hybridized carbons (Fsp3) is 0.346. The van der Waals surface area contributed by atoms with Crippen LogP contribution in [0.1, 0.15) is 50.8 Å². The molecule has 0 saturated carbocycles. The van der Waals surface area contributed by atoms with Gasteiger partial charge < -0.3 is 19.5 Å². The molecule has 5 heteroatoms. The number of hydrogen-bond acceptors (Lipinski definition) is 4. The number of hydrogen-bond donors (Lipinski definition) is 1. The molecule has 0 aliphatic rings. The summed E-state index contributed by atoms with van der Waals surface area (Å²) in [6.07, 6.45) is 0.0563. The maximum atomic E-state index is 12.9. The molecule has 0 saturated heterocycles. The second-order valence-corrected chi connectivity index (χ2v) is 8.00. The van der Waals surface area contributed by atoms with Gasteiger partial charge in [-0.25, -0.2) is 0 Å². The summed E-state index contributed by atoms with van der Waals surface area (Å²) in [7, 11) is 3.27. The lowest BCUT2D eigenvalue weighted by atomic mass is 9.96. The summed E-state index contributed by atoms with van der Waals surface area (Å²) in [5, 5.41) is 5.28. The minimum absolute atomic E-state index is 0.0261. The lowest BCUT2D eigenvalue weighted by molar-refractivity contribution is -0.122. The van der Waals surface area contributed by atoms with E-state index in [2.05, 4.69) is 11.4 Å². The van der Waals surface area contributed by atoms with Gasteiger partial charge in [0, 0.05) is 0 Å². The van der Waals surface area contributed by atoms with Crippen LogP contribution in [0.3, 0.4) is 0 Å². The van der Waals surface area contributed by atoms with Crippen molar-refractivity contribution in [1.29, 1.82) is 0 Å². The Kier molecular flexibility index (Phi) is 7.06. The molecule has 0 aromatic heterocycles. The van der Waals surface area contributed by atoms with Gasteiger partial charge in [-0.15, -0.1) is 0 Å². The molecule has 0 aliphatic heterocycles. The zero-order valence-corrected chi connectivity index (χ0v) is 19.1. The number of carbonyl (C=O) groups is 1. The van der Waals surface area contributed by atoms with Crippen molar-refractivity contribution in [3.8, 4) is 17.2 Å². The number of rotatable bonds is 8. The van der Waals surface area contributed by atoms with Crippen LogP contribution in [0.25, 0.3) is 10.8 Å². The van der Waals surface area contributed by atoms with Crippen LogP contribution in [-0.2, 0) is 4.79 Å². The van der Waals surface area contributed by atoms with Crippen LogP contribution in [-0.4, -0.2) is 26.2 Å². The summed E-state index contributed by atoms with van der Waals surface area (Å²) in [5.41, 5.74) is 1.93. The van der Waals surface area contributed by atoms with Crippen LogP contribution in [0.4, 0.5) is 0 Å². The first kappa shape index (κ1) is 22.5. The Morgan fingerprint density at radius 2 is 1.45 bits per heavy atom. The maximum Gasteiger partial charge on any atom is 0.227 e. The smallest absolute Gasteiger partial charge is 0.227 e. The molecule has 3 rings (SSSR count). The van der Waals surface area contributed by atoms with Crippen molar-refractivity contribution in [1.82, 2.24) is 5.32 Å². The Hall–Kier alpha value is -3.21. The predicted octanol–water partition coefficient (Wildman–Crippen LogP) is 5.63. The highest BCUT2D eigenvalue weighted by Crippen LogP contribution is 2.31. The summed E-state index contributed by atoms with van der Waals surface area (Å²) in [4.78, 5) is 12.9. The molecule has 3 aromatic carbocycles. The van der Waals surface area contributed by atoms with Gasteiger partial charge in [0.2, 0.25) is 5.91 Å². The summed E-state index contributed by atoms with van der Waals surface area (Å²) in [5.74, 6) is 1.87. The molecule has 0 aliphatic carbocycles. The standard InChI is InChI=1S/C26H31NO4/c1-16(2)31-24-12-10-20(15-25(24)30-6)18(4)27-26(28)17(3)19-7-8-22-14-23(29-5)11-9-21(22)13-19/h7-18H,1-6H3,(H,27,28)/t17-,18?/m0/s1. The van der Waals surface area contributed by atoms with Gasteiger partial charge in [-0.3, -0.25) is 4.79 Å². The highest BCUT2D eigenvalue weighted by Gasteiger charge is 2.19. The van der Waals surface area contributed by atoms with Gasteiger partial charge >= 0.3 is 0 Å². The first-order valence-electron chi connectivity index (χ1n) is 10.5. The number of methoxy groups -OCH3 is 2. The number of carbonyl (C=O) groups excluding carboxylic acids is 1. The lowest BCUT2D eigenvalue weighted by Crippen LogP contribution is -2.30. The Bertz CT molecular complexity index is 1060. The summed E-state index contributed by atoms with van der Waals surface area (Å²) in [6, 6.07) is 17.6. The Balaban J connectivity index is 1.73. The molecule has 1 N–H and O–H groups in total. The van der Waals surface area contributed by atoms with E-state index >= 15 is 0 Å². The van der Waals surface area contributed by atoms with E-state index in [4.69, 9.17) is 14.2 Å². The minimum Gasteiger partial charge on any atom is -0.497 e. The quantitative estimate of drug-likeness (QED) is 0.512. The number of amides is 1. The zero-order valence-electron chi connectivity index (χ0n) is 19.1. The van der Waals surface area contributed by atoms with Crippen molar-refractivity contribution in [2.24, 2.45) is 0 Å². The third-order valence-electron chi connectivity index (χ3n) is 5.37. The van der Waals surface area contributed by atoms with E-state index in [9.17, 15) is 4.79 Å². The van der Waals surface area contributed by atoms with Crippen LogP contribution in [0.2, 0.25) is 0 Å². The van der Waals surface area contributed by atoms with Gasteiger partial charge in [-0.2, -0.15) is 0 Å². The van der Waals surface area contributed by atoms with Gasteiger partial charge in [0.05, 0.1) is 32.3 Å². The lowest BCUT2D eigenvalue weighted by Gasteiger charge is -2.20. The van der Waals surface area contributed by atoms with Crippen molar-refractivity contribution in [2.45, 2.75) is 45.8 Å². The van der Waals surface area contributed by atoms with Crippen molar-refractivity contribution < 1.29 is 19.0 Å². The van der Waals surface area contributed by atoms with E-state index in [-0.39, 0.29) is 24.0 Å². The minimum atomic E-state index is -0.278. The number of benzene rings is 3. The third kappa shape index (κ3) is 5.29. The molecule has 0 spiro atoms. The van der Waals surface area contributed by atoms with Crippen LogP contribution < -0.4 is 19.5 Å². The molecular weight excluding hydrogens is 390 g/mol. The maximum absolute atomic E-state index is 12.9. The summed E-state index contributed by atoms with van der Waals surface area (Å²) >= 11 is 0. The van der Waals surface area contributed by atoms with Crippen molar-refractivity contribution >= 4 is 16.7 Å². The second-order valence-electron chi connectivity index (χ2n) is 8.00. The Morgan fingerprint density at radius 1 is 0.774 bits per heavy atom. The largest absolute Gasteiger partial charge is 0.497 e. The molecule has 3 aromatic rings. The van der Waals surface area contributed by atoms with Gasteiger partial charge in [0.25, 0.3) is 0 Å². The predicted molar refractivity (Wildman–Crippen MR) is 124 cm³/mol. The topological polar surface area (TPSA) is 56.8 Å². The monoisotopic (exact) mass is 421 g/mol. The molecule has 1 unspecified atom stereocenters. The number of ether oxygens (including phenoxy) is 3. The van der Waals surface area contributed by atoms with Crippen LogP contribution in [0.15, 0.2) is 54.6 Å². The molecule has 0 radical (unpaired) electrons. The van der Waals surface area contributed by atoms with Gasteiger partial charge in [-0.1, -0.05) is 30.3 Å². The fourth-order valence-electron chi connectivity index (χ4n) is 3.52. The molecule has 0 fully saturated rings. The number of fused-ring (bicyclic) bond motifs is 1. The molecule has 5 nitrogen and oxygen atoms in total. The fourth-order valence-corrected chi connectivity index (χ4v) is 3.52. The molecule has 1 amide bonds. The highest BCUT2D eigenvalue weighted by molar-refractivity contribution is 5.88.